The number of ether oxygens (including phenoxy) is 2. The topological polar surface area (TPSA) is 72.1 Å². The molecule has 2 aliphatic carbocycles. The van der Waals surface area contributed by atoms with Crippen LogP contribution in [0.25, 0.3) is 0 Å². The maximum absolute atomic E-state index is 6.14. The van der Waals surface area contributed by atoms with E-state index in [1.165, 1.54) is 25.7 Å². The Labute approximate surface area is 169 Å². The molecule has 25 heavy (non-hydrogen) atoms. The van der Waals surface area contributed by atoms with Gasteiger partial charge in [0, 0.05) is 44.2 Å². The third-order valence-electron chi connectivity index (χ3n) is 6.03. The van der Waals surface area contributed by atoms with Crippen molar-refractivity contribution in [2.75, 3.05) is 46.0 Å². The van der Waals surface area contributed by atoms with Crippen LogP contribution >= 0.6 is 24.0 Å². The standard InChI is InChI=1S/C18H34N4O2.HI/c1-2-24-16-14-15(18(16)6-3-4-7-18)21-17(19)20-8-5-9-22-10-12-23-13-11-22;/h15-16H,2-14H2,1H3,(H3,19,20,21);1H. The molecule has 2 saturated carbocycles. The van der Waals surface area contributed by atoms with Crippen LogP contribution in [-0.4, -0.2) is 69.0 Å². The Kier molecular flexibility index (Phi) is 8.71. The number of hydrogen-bond donors (Lipinski definition) is 2. The van der Waals surface area contributed by atoms with Crippen molar-refractivity contribution in [3.05, 3.63) is 0 Å². The van der Waals surface area contributed by atoms with Gasteiger partial charge in [0.25, 0.3) is 0 Å². The minimum absolute atomic E-state index is 0. The van der Waals surface area contributed by atoms with Crippen molar-refractivity contribution in [3.63, 3.8) is 0 Å². The smallest absolute Gasteiger partial charge is 0.188 e. The predicted octanol–water partition coefficient (Wildman–Crippen LogP) is 1.97. The second kappa shape index (κ2) is 10.3. The van der Waals surface area contributed by atoms with Crippen LogP contribution in [0.3, 0.4) is 0 Å². The van der Waals surface area contributed by atoms with Gasteiger partial charge in [0.2, 0.25) is 0 Å². The second-order valence-electron chi connectivity index (χ2n) is 7.39. The van der Waals surface area contributed by atoms with Crippen LogP contribution in [0, 0.1) is 5.41 Å². The van der Waals surface area contributed by atoms with E-state index in [0.29, 0.717) is 23.5 Å². The van der Waals surface area contributed by atoms with Crippen LogP contribution < -0.4 is 11.1 Å². The Balaban J connectivity index is 0.00000225. The molecular formula is C18H35IN4O2. The Morgan fingerprint density at radius 2 is 2.04 bits per heavy atom. The van der Waals surface area contributed by atoms with E-state index in [0.717, 1.165) is 58.8 Å². The van der Waals surface area contributed by atoms with Crippen molar-refractivity contribution in [1.29, 1.82) is 0 Å². The Hall–Kier alpha value is -0.120. The summed E-state index contributed by atoms with van der Waals surface area (Å²) < 4.78 is 11.3. The Bertz CT molecular complexity index is 423. The van der Waals surface area contributed by atoms with E-state index in [2.05, 4.69) is 22.1 Å². The quantitative estimate of drug-likeness (QED) is 0.260. The van der Waals surface area contributed by atoms with Crippen molar-refractivity contribution in [2.45, 2.75) is 57.6 Å². The van der Waals surface area contributed by atoms with Crippen molar-refractivity contribution in [2.24, 2.45) is 16.1 Å². The van der Waals surface area contributed by atoms with Crippen LogP contribution in [-0.2, 0) is 9.47 Å². The summed E-state index contributed by atoms with van der Waals surface area (Å²) in [5.41, 5.74) is 6.45. The second-order valence-corrected chi connectivity index (χ2v) is 7.39. The highest BCUT2D eigenvalue weighted by Crippen LogP contribution is 2.54. The molecule has 7 heteroatoms. The van der Waals surface area contributed by atoms with Gasteiger partial charge in [-0.1, -0.05) is 12.8 Å². The van der Waals surface area contributed by atoms with E-state index in [1.807, 2.05) is 0 Å². The van der Waals surface area contributed by atoms with Crippen LogP contribution in [0.15, 0.2) is 4.99 Å². The molecule has 0 radical (unpaired) electrons. The summed E-state index contributed by atoms with van der Waals surface area (Å²) in [4.78, 5) is 6.98. The van der Waals surface area contributed by atoms with Crippen LogP contribution in [0.2, 0.25) is 0 Å². The lowest BCUT2D eigenvalue weighted by atomic mass is 9.60. The molecule has 1 saturated heterocycles. The number of nitrogens with two attached hydrogens (primary N) is 1. The molecule has 2 atom stereocenters. The van der Waals surface area contributed by atoms with E-state index in [-0.39, 0.29) is 24.0 Å². The maximum atomic E-state index is 6.14. The highest BCUT2D eigenvalue weighted by molar-refractivity contribution is 14.0. The molecule has 3 aliphatic rings. The fraction of sp³-hybridized carbons (Fsp3) is 0.944. The minimum Gasteiger partial charge on any atom is -0.379 e. The van der Waals surface area contributed by atoms with Gasteiger partial charge in [0.1, 0.15) is 0 Å². The molecule has 3 rings (SSSR count). The molecule has 1 aliphatic heterocycles. The largest absolute Gasteiger partial charge is 0.379 e. The van der Waals surface area contributed by atoms with Gasteiger partial charge in [0.05, 0.1) is 19.3 Å². The number of nitrogens with one attached hydrogen (secondary N) is 1. The van der Waals surface area contributed by atoms with Crippen molar-refractivity contribution >= 4 is 29.9 Å². The molecule has 0 aromatic carbocycles. The number of aliphatic imine (C=N–C) groups is 1. The summed E-state index contributed by atoms with van der Waals surface area (Å²) >= 11 is 0. The fourth-order valence-electron chi connectivity index (χ4n) is 4.63. The third-order valence-corrected chi connectivity index (χ3v) is 6.03. The summed E-state index contributed by atoms with van der Waals surface area (Å²) in [5, 5.41) is 3.49. The number of hydrogen-bond acceptors (Lipinski definition) is 4. The molecule has 1 spiro atoms. The van der Waals surface area contributed by atoms with E-state index in [9.17, 15) is 0 Å². The molecule has 2 unspecified atom stereocenters. The summed E-state index contributed by atoms with van der Waals surface area (Å²) in [6, 6.07) is 0.444. The number of halogens is 1. The number of morpholine rings is 1. The highest BCUT2D eigenvalue weighted by Gasteiger charge is 2.56. The van der Waals surface area contributed by atoms with Crippen LogP contribution in [0.1, 0.15) is 45.4 Å². The van der Waals surface area contributed by atoms with Crippen LogP contribution in [0.5, 0.6) is 0 Å². The monoisotopic (exact) mass is 466 g/mol. The summed E-state index contributed by atoms with van der Waals surface area (Å²) in [6.07, 6.45) is 7.70. The summed E-state index contributed by atoms with van der Waals surface area (Å²) in [7, 11) is 0. The lowest BCUT2D eigenvalue weighted by Crippen LogP contribution is -2.64. The van der Waals surface area contributed by atoms with E-state index in [4.69, 9.17) is 15.2 Å². The molecular weight excluding hydrogens is 431 g/mol. The normalized spacial score (nSPS) is 29.2. The third kappa shape index (κ3) is 5.20. The SMILES string of the molecule is CCOC1CC(NC(N)=NCCCN2CCOCC2)C12CCCC2.I. The average molecular weight is 466 g/mol. The van der Waals surface area contributed by atoms with E-state index in [1.54, 1.807) is 0 Å². The zero-order chi connectivity index (χ0) is 16.8. The molecule has 6 nitrogen and oxygen atoms in total. The number of nitrogens with zero attached hydrogens (tertiary/aromatic N) is 2. The van der Waals surface area contributed by atoms with Gasteiger partial charge in [-0.05, 0) is 32.6 Å². The zero-order valence-corrected chi connectivity index (χ0v) is 17.9. The predicted molar refractivity (Wildman–Crippen MR) is 112 cm³/mol. The molecule has 0 bridgehead atoms. The molecule has 0 amide bonds. The minimum atomic E-state index is 0. The van der Waals surface area contributed by atoms with Gasteiger partial charge >= 0.3 is 0 Å². The molecule has 0 aromatic heterocycles. The lowest BCUT2D eigenvalue weighted by Gasteiger charge is -2.54. The summed E-state index contributed by atoms with van der Waals surface area (Å²) in [6.45, 7) is 8.58. The summed E-state index contributed by atoms with van der Waals surface area (Å²) in [5.74, 6) is 0.614. The molecule has 0 aromatic rings. The molecule has 3 fully saturated rings. The van der Waals surface area contributed by atoms with Crippen molar-refractivity contribution in [3.8, 4) is 0 Å². The van der Waals surface area contributed by atoms with E-state index < -0.39 is 0 Å². The first-order chi connectivity index (χ1) is 11.7. The van der Waals surface area contributed by atoms with Crippen molar-refractivity contribution in [1.82, 2.24) is 10.2 Å². The van der Waals surface area contributed by atoms with Crippen LogP contribution in [0.4, 0.5) is 0 Å². The Morgan fingerprint density at radius 1 is 1.32 bits per heavy atom. The van der Waals surface area contributed by atoms with E-state index >= 15 is 0 Å². The first-order valence-electron chi connectivity index (χ1n) is 9.73. The number of guanidine groups is 1. The van der Waals surface area contributed by atoms with Crippen molar-refractivity contribution < 1.29 is 9.47 Å². The fourth-order valence-corrected chi connectivity index (χ4v) is 4.63. The molecule has 146 valence electrons. The lowest BCUT2D eigenvalue weighted by molar-refractivity contribution is -0.125. The average Bonchev–Trinajstić information content (AvgIpc) is 3.12. The van der Waals surface area contributed by atoms with Gasteiger partial charge in [-0.25, -0.2) is 0 Å². The molecule has 1 heterocycles. The number of rotatable bonds is 7. The highest BCUT2D eigenvalue weighted by atomic mass is 127. The zero-order valence-electron chi connectivity index (χ0n) is 15.5. The maximum Gasteiger partial charge on any atom is 0.188 e. The first-order valence-corrected chi connectivity index (χ1v) is 9.73. The molecule has 3 N–H and O–H groups in total. The van der Waals surface area contributed by atoms with Gasteiger partial charge in [-0.2, -0.15) is 0 Å². The van der Waals surface area contributed by atoms with Gasteiger partial charge in [0.15, 0.2) is 5.96 Å². The first kappa shape index (κ1) is 21.2. The van der Waals surface area contributed by atoms with Gasteiger partial charge < -0.3 is 20.5 Å². The van der Waals surface area contributed by atoms with Gasteiger partial charge in [-0.3, -0.25) is 9.89 Å². The van der Waals surface area contributed by atoms with Gasteiger partial charge in [-0.15, -0.1) is 24.0 Å². The Morgan fingerprint density at radius 3 is 2.72 bits per heavy atom.